The summed E-state index contributed by atoms with van der Waals surface area (Å²) >= 11 is 0. The van der Waals surface area contributed by atoms with Crippen LogP contribution in [-0.4, -0.2) is 35.4 Å². The fourth-order valence-electron chi connectivity index (χ4n) is 1.67. The van der Waals surface area contributed by atoms with Gasteiger partial charge in [-0.1, -0.05) is 12.1 Å². The molecule has 0 unspecified atom stereocenters. The van der Waals surface area contributed by atoms with Gasteiger partial charge in [-0.2, -0.15) is 0 Å². The number of ether oxygens (including phenoxy) is 2. The summed E-state index contributed by atoms with van der Waals surface area (Å²) in [5, 5.41) is 0. The van der Waals surface area contributed by atoms with Gasteiger partial charge in [0.1, 0.15) is 0 Å². The zero-order chi connectivity index (χ0) is 14.3. The van der Waals surface area contributed by atoms with Crippen LogP contribution in [0.2, 0.25) is 6.04 Å². The van der Waals surface area contributed by atoms with E-state index in [4.69, 9.17) is 9.47 Å². The van der Waals surface area contributed by atoms with Crippen LogP contribution in [0.15, 0.2) is 18.2 Å². The molecule has 5 heteroatoms. The van der Waals surface area contributed by atoms with Crippen LogP contribution in [0.3, 0.4) is 0 Å². The number of carbonyl (C=O) groups is 2. The van der Waals surface area contributed by atoms with Crippen molar-refractivity contribution in [2.75, 3.05) is 13.2 Å². The minimum atomic E-state index is -0.432. The lowest BCUT2D eigenvalue weighted by Gasteiger charge is -2.10. The maximum atomic E-state index is 11.9. The first-order valence-corrected chi connectivity index (χ1v) is 6.96. The number of benzene rings is 1. The molecular formula is C14H17O4Si. The summed E-state index contributed by atoms with van der Waals surface area (Å²) in [6.45, 7) is 4.09. The number of aryl methyl sites for hydroxylation is 1. The Kier molecular flexibility index (Phi) is 6.28. The zero-order valence-electron chi connectivity index (χ0n) is 11.2. The van der Waals surface area contributed by atoms with Crippen molar-refractivity contribution in [1.29, 1.82) is 0 Å². The van der Waals surface area contributed by atoms with Gasteiger partial charge in [0.2, 0.25) is 0 Å². The van der Waals surface area contributed by atoms with Crippen molar-refractivity contribution in [1.82, 2.24) is 0 Å². The molecule has 0 N–H and O–H groups in total. The standard InChI is InChI=1S/C14H17O4Si/c1-3-17-13(15)11-6-5-10(7-8-19)12(9-11)14(16)18-4-2/h5-6,9H,3-4,7-8H2,1-2H3. The Hall–Kier alpha value is -1.62. The Bertz CT molecular complexity index is 457. The average molecular weight is 277 g/mol. The van der Waals surface area contributed by atoms with Gasteiger partial charge >= 0.3 is 11.9 Å². The summed E-state index contributed by atoms with van der Waals surface area (Å²) < 4.78 is 9.92. The second-order valence-corrected chi connectivity index (χ2v) is 4.31. The molecule has 1 aromatic carbocycles. The molecule has 0 saturated carbocycles. The Morgan fingerprint density at radius 3 is 2.32 bits per heavy atom. The molecule has 1 aromatic rings. The number of carbonyl (C=O) groups excluding carboxylic acids is 2. The van der Waals surface area contributed by atoms with Gasteiger partial charge in [-0.25, -0.2) is 9.59 Å². The maximum Gasteiger partial charge on any atom is 0.338 e. The van der Waals surface area contributed by atoms with Gasteiger partial charge in [-0.05, 0) is 38.0 Å². The van der Waals surface area contributed by atoms with Gasteiger partial charge in [-0.15, -0.1) is 0 Å². The minimum absolute atomic E-state index is 0.301. The molecule has 0 aliphatic carbocycles. The van der Waals surface area contributed by atoms with Crippen LogP contribution < -0.4 is 0 Å². The summed E-state index contributed by atoms with van der Waals surface area (Å²) in [4.78, 5) is 23.5. The molecule has 0 aliphatic rings. The van der Waals surface area contributed by atoms with Crippen LogP contribution >= 0.6 is 0 Å². The lowest BCUT2D eigenvalue weighted by atomic mass is 10.0. The van der Waals surface area contributed by atoms with E-state index < -0.39 is 11.9 Å². The van der Waals surface area contributed by atoms with E-state index in [1.54, 1.807) is 26.0 Å². The van der Waals surface area contributed by atoms with E-state index in [2.05, 4.69) is 10.2 Å². The molecule has 0 bridgehead atoms. The number of hydrogen-bond acceptors (Lipinski definition) is 4. The fourth-order valence-corrected chi connectivity index (χ4v) is 1.94. The van der Waals surface area contributed by atoms with Crippen LogP contribution in [0.25, 0.3) is 0 Å². The highest BCUT2D eigenvalue weighted by Gasteiger charge is 2.16. The molecule has 0 spiro atoms. The Morgan fingerprint density at radius 2 is 1.74 bits per heavy atom. The average Bonchev–Trinajstić information content (AvgIpc) is 2.40. The fraction of sp³-hybridized carbons (Fsp3) is 0.429. The molecule has 1 rings (SSSR count). The largest absolute Gasteiger partial charge is 0.462 e. The molecule has 0 heterocycles. The van der Waals surface area contributed by atoms with E-state index in [-0.39, 0.29) is 0 Å². The minimum Gasteiger partial charge on any atom is -0.462 e. The van der Waals surface area contributed by atoms with Crippen molar-refractivity contribution in [3.63, 3.8) is 0 Å². The van der Waals surface area contributed by atoms with Gasteiger partial charge in [0.05, 0.1) is 24.3 Å². The maximum absolute atomic E-state index is 11.9. The van der Waals surface area contributed by atoms with Gasteiger partial charge in [-0.3, -0.25) is 0 Å². The molecule has 19 heavy (non-hydrogen) atoms. The lowest BCUT2D eigenvalue weighted by molar-refractivity contribution is 0.0524. The van der Waals surface area contributed by atoms with E-state index in [1.807, 2.05) is 0 Å². The smallest absolute Gasteiger partial charge is 0.338 e. The van der Waals surface area contributed by atoms with Crippen LogP contribution in [-0.2, 0) is 15.9 Å². The van der Waals surface area contributed by atoms with Crippen molar-refractivity contribution >= 4 is 22.2 Å². The van der Waals surface area contributed by atoms with Crippen molar-refractivity contribution in [3.8, 4) is 0 Å². The second kappa shape index (κ2) is 7.73. The highest BCUT2D eigenvalue weighted by atomic mass is 28.1. The number of esters is 2. The molecule has 0 amide bonds. The number of hydrogen-bond donors (Lipinski definition) is 0. The van der Waals surface area contributed by atoms with E-state index >= 15 is 0 Å². The van der Waals surface area contributed by atoms with Gasteiger partial charge in [0, 0.05) is 10.2 Å². The van der Waals surface area contributed by atoms with Crippen LogP contribution in [0.1, 0.15) is 40.1 Å². The van der Waals surface area contributed by atoms with Crippen molar-refractivity contribution in [2.24, 2.45) is 0 Å². The normalized spacial score (nSPS) is 10.1. The Balaban J connectivity index is 3.10. The summed E-state index contributed by atoms with van der Waals surface area (Å²) in [5.74, 6) is -0.846. The van der Waals surface area contributed by atoms with Crippen LogP contribution in [0.4, 0.5) is 0 Å². The topological polar surface area (TPSA) is 52.6 Å². The SMILES string of the molecule is CCOC(=O)c1ccc(CC[Si])c(C(=O)OCC)c1. The third-order valence-corrected chi connectivity index (χ3v) is 2.76. The Morgan fingerprint density at radius 1 is 1.11 bits per heavy atom. The molecular weight excluding hydrogens is 260 g/mol. The van der Waals surface area contributed by atoms with Crippen molar-refractivity contribution < 1.29 is 19.1 Å². The van der Waals surface area contributed by atoms with E-state index in [1.165, 1.54) is 6.07 Å². The van der Waals surface area contributed by atoms with E-state index in [0.29, 0.717) is 30.8 Å². The van der Waals surface area contributed by atoms with Gasteiger partial charge in [0.25, 0.3) is 0 Å². The molecule has 0 saturated heterocycles. The summed E-state index contributed by atoms with van der Waals surface area (Å²) in [6.07, 6.45) is 0.689. The predicted molar refractivity (Wildman–Crippen MR) is 72.6 cm³/mol. The summed E-state index contributed by atoms with van der Waals surface area (Å²) in [6, 6.07) is 5.69. The Labute approximate surface area is 116 Å². The van der Waals surface area contributed by atoms with Gasteiger partial charge in [0.15, 0.2) is 0 Å². The summed E-state index contributed by atoms with van der Waals surface area (Å²) in [5.41, 5.74) is 1.63. The molecule has 0 atom stereocenters. The van der Waals surface area contributed by atoms with E-state index in [9.17, 15) is 9.59 Å². The van der Waals surface area contributed by atoms with Crippen LogP contribution in [0, 0.1) is 0 Å². The molecule has 0 aromatic heterocycles. The lowest BCUT2D eigenvalue weighted by Crippen LogP contribution is -2.11. The van der Waals surface area contributed by atoms with Crippen molar-refractivity contribution in [3.05, 3.63) is 34.9 Å². The first kappa shape index (κ1) is 15.4. The third-order valence-electron chi connectivity index (χ3n) is 2.51. The van der Waals surface area contributed by atoms with E-state index in [0.717, 1.165) is 11.6 Å². The van der Waals surface area contributed by atoms with Crippen LogP contribution in [0.5, 0.6) is 0 Å². The highest BCUT2D eigenvalue weighted by Crippen LogP contribution is 2.16. The molecule has 0 fully saturated rings. The second-order valence-electron chi connectivity index (χ2n) is 3.81. The quantitative estimate of drug-likeness (QED) is 0.590. The molecule has 101 valence electrons. The summed E-state index contributed by atoms with van der Waals surface area (Å²) in [7, 11) is 3.39. The molecule has 0 aliphatic heterocycles. The predicted octanol–water partition coefficient (Wildman–Crippen LogP) is 2.17. The first-order chi connectivity index (χ1) is 9.13. The molecule has 4 nitrogen and oxygen atoms in total. The number of rotatable bonds is 6. The zero-order valence-corrected chi connectivity index (χ0v) is 12.2. The first-order valence-electron chi connectivity index (χ1n) is 6.25. The monoisotopic (exact) mass is 277 g/mol. The highest BCUT2D eigenvalue weighted by molar-refractivity contribution is 6.08. The third kappa shape index (κ3) is 4.20. The molecule has 3 radical (unpaired) electrons. The van der Waals surface area contributed by atoms with Gasteiger partial charge < -0.3 is 9.47 Å². The van der Waals surface area contributed by atoms with Crippen molar-refractivity contribution in [2.45, 2.75) is 26.3 Å².